The fourth-order valence-corrected chi connectivity index (χ4v) is 2.23. The van der Waals surface area contributed by atoms with Crippen LogP contribution in [0.15, 0.2) is 53.5 Å². The topological polar surface area (TPSA) is 47.6 Å². The Bertz CT molecular complexity index is 638. The summed E-state index contributed by atoms with van der Waals surface area (Å²) in [4.78, 5) is 4.47. The quantitative estimate of drug-likeness (QED) is 0.646. The van der Waals surface area contributed by atoms with Crippen LogP contribution in [0.1, 0.15) is 18.1 Å². The van der Waals surface area contributed by atoms with Crippen molar-refractivity contribution in [1.82, 2.24) is 0 Å². The summed E-state index contributed by atoms with van der Waals surface area (Å²) < 4.78 is 5.74. The van der Waals surface area contributed by atoms with E-state index in [9.17, 15) is 0 Å². The van der Waals surface area contributed by atoms with Gasteiger partial charge in [-0.1, -0.05) is 35.9 Å². The summed E-state index contributed by atoms with van der Waals surface area (Å²) in [5, 5.41) is 0.721. The Morgan fingerprint density at radius 3 is 2.64 bits per heavy atom. The average molecular weight is 317 g/mol. The van der Waals surface area contributed by atoms with Gasteiger partial charge >= 0.3 is 0 Å². The van der Waals surface area contributed by atoms with Gasteiger partial charge in [0.2, 0.25) is 0 Å². The monoisotopic (exact) mass is 316 g/mol. The molecule has 2 N–H and O–H groups in total. The van der Waals surface area contributed by atoms with E-state index < -0.39 is 0 Å². The third-order valence-electron chi connectivity index (χ3n) is 3.17. The molecule has 0 amide bonds. The molecule has 1 unspecified atom stereocenters. The molecular formula is C18H21ClN2O. The zero-order valence-corrected chi connectivity index (χ0v) is 13.7. The second kappa shape index (κ2) is 7.85. The number of rotatable bonds is 6. The van der Waals surface area contributed by atoms with Gasteiger partial charge in [-0.25, -0.2) is 0 Å². The van der Waals surface area contributed by atoms with Crippen molar-refractivity contribution in [1.29, 1.82) is 0 Å². The molecule has 4 heteroatoms. The Labute approximate surface area is 136 Å². The number of benzene rings is 2. The van der Waals surface area contributed by atoms with Crippen LogP contribution in [-0.4, -0.2) is 18.5 Å². The highest BCUT2D eigenvalue weighted by molar-refractivity contribution is 6.30. The van der Waals surface area contributed by atoms with Crippen molar-refractivity contribution in [2.75, 3.05) is 6.61 Å². The van der Waals surface area contributed by atoms with Crippen molar-refractivity contribution < 1.29 is 4.74 Å². The van der Waals surface area contributed by atoms with Crippen molar-refractivity contribution in [2.45, 2.75) is 26.3 Å². The molecular weight excluding hydrogens is 296 g/mol. The fraction of sp³-hybridized carbons (Fsp3) is 0.278. The predicted molar refractivity (Wildman–Crippen MR) is 92.9 cm³/mol. The Balaban J connectivity index is 1.86. The van der Waals surface area contributed by atoms with Gasteiger partial charge in [0.1, 0.15) is 12.4 Å². The highest BCUT2D eigenvalue weighted by Crippen LogP contribution is 2.13. The largest absolute Gasteiger partial charge is 0.491 e. The molecule has 0 bridgehead atoms. The normalized spacial score (nSPS) is 13.0. The van der Waals surface area contributed by atoms with Gasteiger partial charge in [0.25, 0.3) is 0 Å². The van der Waals surface area contributed by atoms with E-state index in [-0.39, 0.29) is 6.04 Å². The van der Waals surface area contributed by atoms with Crippen LogP contribution in [0.25, 0.3) is 0 Å². The molecule has 2 aromatic rings. The Hall–Kier alpha value is -2.00. The molecule has 0 aliphatic rings. The van der Waals surface area contributed by atoms with E-state index in [1.807, 2.05) is 62.4 Å². The molecule has 0 spiro atoms. The molecule has 0 aliphatic carbocycles. The minimum Gasteiger partial charge on any atom is -0.491 e. The van der Waals surface area contributed by atoms with E-state index in [4.69, 9.17) is 22.1 Å². The summed E-state index contributed by atoms with van der Waals surface area (Å²) in [6.07, 6.45) is 0.617. The number of aliphatic imine (C=N–C) groups is 1. The molecule has 0 aromatic heterocycles. The van der Waals surface area contributed by atoms with E-state index in [1.54, 1.807) is 0 Å². The first-order chi connectivity index (χ1) is 10.5. The first-order valence-corrected chi connectivity index (χ1v) is 7.67. The number of ether oxygens (including phenoxy) is 1. The number of amidine groups is 1. The summed E-state index contributed by atoms with van der Waals surface area (Å²) in [7, 11) is 0. The van der Waals surface area contributed by atoms with Crippen LogP contribution in [-0.2, 0) is 6.42 Å². The Morgan fingerprint density at radius 2 is 1.95 bits per heavy atom. The zero-order chi connectivity index (χ0) is 15.9. The van der Waals surface area contributed by atoms with E-state index in [2.05, 4.69) is 4.99 Å². The Morgan fingerprint density at radius 1 is 1.23 bits per heavy atom. The van der Waals surface area contributed by atoms with Gasteiger partial charge in [0, 0.05) is 11.4 Å². The predicted octanol–water partition coefficient (Wildman–Crippen LogP) is 4.02. The lowest BCUT2D eigenvalue weighted by Gasteiger charge is -2.11. The van der Waals surface area contributed by atoms with E-state index in [0.29, 0.717) is 18.9 Å². The van der Waals surface area contributed by atoms with E-state index in [0.717, 1.165) is 16.3 Å². The van der Waals surface area contributed by atoms with Gasteiger partial charge in [-0.15, -0.1) is 0 Å². The SMILES string of the molecule is Cc1cccc(OCC(C)N=C(N)Cc2ccc(Cl)cc2)c1. The second-order valence-corrected chi connectivity index (χ2v) is 5.84. The second-order valence-electron chi connectivity index (χ2n) is 5.40. The van der Waals surface area contributed by atoms with Gasteiger partial charge in [0.15, 0.2) is 0 Å². The minimum absolute atomic E-state index is 0.00723. The molecule has 0 heterocycles. The maximum absolute atomic E-state index is 6.00. The molecule has 2 aromatic carbocycles. The van der Waals surface area contributed by atoms with Crippen LogP contribution < -0.4 is 10.5 Å². The van der Waals surface area contributed by atoms with E-state index in [1.165, 1.54) is 5.56 Å². The van der Waals surface area contributed by atoms with E-state index >= 15 is 0 Å². The lowest BCUT2D eigenvalue weighted by atomic mass is 10.1. The molecule has 0 saturated heterocycles. The van der Waals surface area contributed by atoms with Crippen molar-refractivity contribution in [3.8, 4) is 5.75 Å². The highest BCUT2D eigenvalue weighted by atomic mass is 35.5. The lowest BCUT2D eigenvalue weighted by molar-refractivity contribution is 0.297. The van der Waals surface area contributed by atoms with Gasteiger partial charge in [-0.2, -0.15) is 0 Å². The van der Waals surface area contributed by atoms with Crippen LogP contribution in [0.4, 0.5) is 0 Å². The summed E-state index contributed by atoms with van der Waals surface area (Å²) in [5.41, 5.74) is 8.27. The first-order valence-electron chi connectivity index (χ1n) is 7.29. The molecule has 1 atom stereocenters. The Kier molecular flexibility index (Phi) is 5.84. The van der Waals surface area contributed by atoms with Crippen LogP contribution >= 0.6 is 11.6 Å². The molecule has 3 nitrogen and oxygen atoms in total. The molecule has 2 rings (SSSR count). The number of halogens is 1. The standard InChI is InChI=1S/C18H21ClN2O/c1-13-4-3-5-17(10-13)22-12-14(2)21-18(20)11-15-6-8-16(19)9-7-15/h3-10,14H,11-12H2,1-2H3,(H2,20,21). The van der Waals surface area contributed by atoms with Crippen molar-refractivity contribution in [2.24, 2.45) is 10.7 Å². The van der Waals surface area contributed by atoms with Gasteiger partial charge in [0.05, 0.1) is 11.9 Å². The number of hydrogen-bond acceptors (Lipinski definition) is 2. The van der Waals surface area contributed by atoms with Crippen LogP contribution in [0.5, 0.6) is 5.75 Å². The molecule has 0 saturated carbocycles. The fourth-order valence-electron chi connectivity index (χ4n) is 2.10. The van der Waals surface area contributed by atoms with Crippen molar-refractivity contribution in [3.05, 3.63) is 64.7 Å². The minimum atomic E-state index is 0.00723. The number of aryl methyl sites for hydroxylation is 1. The van der Waals surface area contributed by atoms with Crippen LogP contribution in [0, 0.1) is 6.92 Å². The summed E-state index contributed by atoms with van der Waals surface area (Å²) in [6, 6.07) is 15.6. The summed E-state index contributed by atoms with van der Waals surface area (Å²) >= 11 is 5.87. The average Bonchev–Trinajstić information content (AvgIpc) is 2.47. The third-order valence-corrected chi connectivity index (χ3v) is 3.42. The zero-order valence-electron chi connectivity index (χ0n) is 12.9. The number of nitrogens with zero attached hydrogens (tertiary/aromatic N) is 1. The number of hydrogen-bond donors (Lipinski definition) is 1. The summed E-state index contributed by atoms with van der Waals surface area (Å²) in [6.45, 7) is 4.54. The van der Waals surface area contributed by atoms with Crippen LogP contribution in [0.3, 0.4) is 0 Å². The molecule has 116 valence electrons. The van der Waals surface area contributed by atoms with Crippen molar-refractivity contribution >= 4 is 17.4 Å². The van der Waals surface area contributed by atoms with Crippen LogP contribution in [0.2, 0.25) is 5.02 Å². The maximum Gasteiger partial charge on any atom is 0.119 e. The molecule has 0 aliphatic heterocycles. The molecule has 0 radical (unpaired) electrons. The smallest absolute Gasteiger partial charge is 0.119 e. The first kappa shape index (κ1) is 16.4. The summed E-state index contributed by atoms with van der Waals surface area (Å²) in [5.74, 6) is 1.46. The van der Waals surface area contributed by atoms with Crippen molar-refractivity contribution in [3.63, 3.8) is 0 Å². The number of nitrogens with two attached hydrogens (primary N) is 1. The van der Waals surface area contributed by atoms with Gasteiger partial charge in [-0.05, 0) is 49.2 Å². The molecule has 22 heavy (non-hydrogen) atoms. The third kappa shape index (κ3) is 5.41. The van der Waals surface area contributed by atoms with Gasteiger partial charge in [-0.3, -0.25) is 4.99 Å². The highest BCUT2D eigenvalue weighted by Gasteiger charge is 2.04. The van der Waals surface area contributed by atoms with Gasteiger partial charge < -0.3 is 10.5 Å². The molecule has 0 fully saturated rings. The lowest BCUT2D eigenvalue weighted by Crippen LogP contribution is -2.21. The maximum atomic E-state index is 6.00.